The smallest absolute Gasteiger partial charge is 0.0873 e. The molecule has 0 N–H and O–H groups in total. The van der Waals surface area contributed by atoms with Crippen LogP contribution in [0.15, 0.2) is 0 Å². The van der Waals surface area contributed by atoms with Crippen LogP contribution in [-0.2, 0) is 4.74 Å². The van der Waals surface area contributed by atoms with Gasteiger partial charge in [0.15, 0.2) is 0 Å². The molecule has 4 aliphatic carbocycles. The summed E-state index contributed by atoms with van der Waals surface area (Å²) in [5, 5.41) is 0. The van der Waals surface area contributed by atoms with Crippen molar-refractivity contribution < 1.29 is 4.74 Å². The van der Waals surface area contributed by atoms with E-state index in [0.717, 1.165) is 37.4 Å². The highest BCUT2D eigenvalue weighted by atomic mass is 16.5. The Morgan fingerprint density at radius 3 is 1.06 bits per heavy atom. The monoisotopic (exact) mass is 432 g/mol. The fourth-order valence-electron chi connectivity index (χ4n) is 7.64. The van der Waals surface area contributed by atoms with E-state index in [0.29, 0.717) is 6.17 Å². The van der Waals surface area contributed by atoms with Gasteiger partial charge >= 0.3 is 0 Å². The van der Waals surface area contributed by atoms with E-state index in [2.05, 4.69) is 16.7 Å². The van der Waals surface area contributed by atoms with Gasteiger partial charge in [0.2, 0.25) is 0 Å². The summed E-state index contributed by atoms with van der Waals surface area (Å²) in [5.74, 6) is 0. The van der Waals surface area contributed by atoms with E-state index >= 15 is 0 Å². The topological polar surface area (TPSA) is 15.7 Å². The highest BCUT2D eigenvalue weighted by Gasteiger charge is 2.42. The van der Waals surface area contributed by atoms with Gasteiger partial charge in [0, 0.05) is 30.8 Å². The highest BCUT2D eigenvalue weighted by Crippen LogP contribution is 2.38. The lowest BCUT2D eigenvalue weighted by atomic mass is 9.85. The summed E-state index contributed by atoms with van der Waals surface area (Å²) in [6, 6.07) is 3.21. The van der Waals surface area contributed by atoms with Gasteiger partial charge in [-0.25, -0.2) is 0 Å². The third-order valence-electron chi connectivity index (χ3n) is 9.14. The average Bonchev–Trinajstić information content (AvgIpc) is 2.85. The molecule has 0 radical (unpaired) electrons. The molecule has 0 aliphatic heterocycles. The van der Waals surface area contributed by atoms with E-state index in [1.165, 1.54) is 128 Å². The molecular weight excluding hydrogens is 380 g/mol. The predicted molar refractivity (Wildman–Crippen MR) is 131 cm³/mol. The van der Waals surface area contributed by atoms with Crippen molar-refractivity contribution in [2.45, 2.75) is 166 Å². The Bertz CT molecular complexity index is 397. The molecule has 3 heteroatoms. The zero-order valence-electron chi connectivity index (χ0n) is 20.7. The fraction of sp³-hybridized carbons (Fsp3) is 1.00. The second kappa shape index (κ2) is 12.9. The molecule has 4 saturated carbocycles. The van der Waals surface area contributed by atoms with Crippen molar-refractivity contribution >= 4 is 0 Å². The SMILES string of the molecule is CCOCC(N(C1CCCCC1)C1CCCCC1)N(C1CCCCC1)C1CCCCC1. The second-order valence-corrected chi connectivity index (χ2v) is 11.2. The van der Waals surface area contributed by atoms with E-state index in [9.17, 15) is 0 Å². The summed E-state index contributed by atoms with van der Waals surface area (Å²) in [6.07, 6.45) is 29.4. The first-order chi connectivity index (χ1) is 15.4. The third kappa shape index (κ3) is 6.48. The van der Waals surface area contributed by atoms with Crippen LogP contribution in [0.5, 0.6) is 0 Å². The van der Waals surface area contributed by atoms with Gasteiger partial charge in [0.05, 0.1) is 12.8 Å². The third-order valence-corrected chi connectivity index (χ3v) is 9.14. The summed E-state index contributed by atoms with van der Waals surface area (Å²) >= 11 is 0. The van der Waals surface area contributed by atoms with Gasteiger partial charge in [-0.05, 0) is 58.3 Å². The first kappa shape index (κ1) is 24.0. The largest absolute Gasteiger partial charge is 0.379 e. The predicted octanol–water partition coefficient (Wildman–Crippen LogP) is 7.28. The average molecular weight is 433 g/mol. The van der Waals surface area contributed by atoms with Gasteiger partial charge in [-0.2, -0.15) is 0 Å². The molecule has 0 saturated heterocycles. The van der Waals surface area contributed by atoms with Crippen LogP contribution in [0.25, 0.3) is 0 Å². The molecular formula is C28H52N2O. The molecule has 3 nitrogen and oxygen atoms in total. The van der Waals surface area contributed by atoms with Crippen LogP contribution in [0.3, 0.4) is 0 Å². The molecule has 0 aromatic heterocycles. The molecule has 0 unspecified atom stereocenters. The maximum Gasteiger partial charge on any atom is 0.0873 e. The number of ether oxygens (including phenoxy) is 1. The van der Waals surface area contributed by atoms with Crippen LogP contribution in [0, 0.1) is 0 Å². The lowest BCUT2D eigenvalue weighted by molar-refractivity contribution is -0.116. The van der Waals surface area contributed by atoms with Crippen molar-refractivity contribution in [3.05, 3.63) is 0 Å². The Kier molecular flexibility index (Phi) is 10.0. The summed E-state index contributed by atoms with van der Waals surface area (Å²) < 4.78 is 6.34. The van der Waals surface area contributed by atoms with Crippen LogP contribution in [0.1, 0.15) is 135 Å². The number of hydrogen-bond donors (Lipinski definition) is 0. The van der Waals surface area contributed by atoms with Crippen LogP contribution in [-0.4, -0.2) is 53.3 Å². The maximum absolute atomic E-state index is 6.34. The van der Waals surface area contributed by atoms with Crippen molar-refractivity contribution in [1.82, 2.24) is 9.80 Å². The summed E-state index contributed by atoms with van der Waals surface area (Å²) in [5.41, 5.74) is 0. The van der Waals surface area contributed by atoms with Gasteiger partial charge in [-0.15, -0.1) is 0 Å². The van der Waals surface area contributed by atoms with E-state index in [1.54, 1.807) is 0 Å². The molecule has 31 heavy (non-hydrogen) atoms. The zero-order chi connectivity index (χ0) is 21.3. The molecule has 0 heterocycles. The van der Waals surface area contributed by atoms with E-state index in [4.69, 9.17) is 4.74 Å². The summed E-state index contributed by atoms with van der Waals surface area (Å²) in [7, 11) is 0. The van der Waals surface area contributed by atoms with Crippen LogP contribution >= 0.6 is 0 Å². The van der Waals surface area contributed by atoms with Crippen molar-refractivity contribution in [2.75, 3.05) is 13.2 Å². The Balaban J connectivity index is 1.64. The molecule has 4 fully saturated rings. The standard InChI is InChI=1S/C28H52N2O/c1-2-31-23-28(29(24-15-7-3-8-16-24)25-17-9-4-10-18-25)30(26-19-11-5-12-20-26)27-21-13-6-14-22-27/h24-28H,2-23H2,1H3. The Morgan fingerprint density at radius 1 is 0.516 bits per heavy atom. The van der Waals surface area contributed by atoms with Gasteiger partial charge in [0.1, 0.15) is 0 Å². The summed E-state index contributed by atoms with van der Waals surface area (Å²) in [4.78, 5) is 6.22. The van der Waals surface area contributed by atoms with Crippen molar-refractivity contribution in [3.63, 3.8) is 0 Å². The molecule has 0 amide bonds. The van der Waals surface area contributed by atoms with Crippen molar-refractivity contribution in [2.24, 2.45) is 0 Å². The zero-order valence-corrected chi connectivity index (χ0v) is 20.7. The van der Waals surface area contributed by atoms with E-state index in [1.807, 2.05) is 0 Å². The van der Waals surface area contributed by atoms with Gasteiger partial charge < -0.3 is 4.74 Å². The van der Waals surface area contributed by atoms with Crippen LogP contribution in [0.2, 0.25) is 0 Å². The molecule has 4 aliphatic rings. The lowest BCUT2D eigenvalue weighted by Gasteiger charge is -2.54. The first-order valence-corrected chi connectivity index (χ1v) is 14.5. The molecule has 0 aromatic rings. The normalized spacial score (nSPS) is 26.3. The lowest BCUT2D eigenvalue weighted by Crippen LogP contribution is -2.64. The van der Waals surface area contributed by atoms with Crippen LogP contribution < -0.4 is 0 Å². The molecule has 0 atom stereocenters. The molecule has 4 rings (SSSR count). The minimum Gasteiger partial charge on any atom is -0.379 e. The number of rotatable bonds is 9. The van der Waals surface area contributed by atoms with Crippen molar-refractivity contribution in [3.8, 4) is 0 Å². The Morgan fingerprint density at radius 2 is 0.806 bits per heavy atom. The second-order valence-electron chi connectivity index (χ2n) is 11.2. The molecule has 0 spiro atoms. The number of nitrogens with zero attached hydrogens (tertiary/aromatic N) is 2. The molecule has 0 aromatic carbocycles. The van der Waals surface area contributed by atoms with Crippen molar-refractivity contribution in [1.29, 1.82) is 0 Å². The quantitative estimate of drug-likeness (QED) is 0.356. The van der Waals surface area contributed by atoms with Gasteiger partial charge in [-0.1, -0.05) is 77.0 Å². The highest BCUT2D eigenvalue weighted by molar-refractivity contribution is 4.94. The minimum atomic E-state index is 0.525. The minimum absolute atomic E-state index is 0.525. The fourth-order valence-corrected chi connectivity index (χ4v) is 7.64. The number of hydrogen-bond acceptors (Lipinski definition) is 3. The summed E-state index contributed by atoms with van der Waals surface area (Å²) in [6.45, 7) is 4.01. The van der Waals surface area contributed by atoms with E-state index < -0.39 is 0 Å². The van der Waals surface area contributed by atoms with Gasteiger partial charge in [-0.3, -0.25) is 9.80 Å². The Labute approximate surface area is 193 Å². The first-order valence-electron chi connectivity index (χ1n) is 14.5. The maximum atomic E-state index is 6.34. The van der Waals surface area contributed by atoms with Gasteiger partial charge in [0.25, 0.3) is 0 Å². The van der Waals surface area contributed by atoms with E-state index in [-0.39, 0.29) is 0 Å². The molecule has 0 bridgehead atoms. The van der Waals surface area contributed by atoms with Crippen LogP contribution in [0.4, 0.5) is 0 Å². The molecule has 180 valence electrons. The Hall–Kier alpha value is -0.120.